The first-order chi connectivity index (χ1) is 15.9. The maximum Gasteiger partial charge on any atom is 0.418 e. The highest BCUT2D eigenvalue weighted by Crippen LogP contribution is 2.41. The van der Waals surface area contributed by atoms with Gasteiger partial charge in [-0.05, 0) is 35.0 Å². The molecule has 4 aromatic rings. The summed E-state index contributed by atoms with van der Waals surface area (Å²) in [6.07, 6.45) is -5.01. The second kappa shape index (κ2) is 8.45. The van der Waals surface area contributed by atoms with Crippen LogP contribution >= 0.6 is 15.9 Å². The van der Waals surface area contributed by atoms with Gasteiger partial charge in [0.1, 0.15) is 18.5 Å². The molecule has 0 aliphatic carbocycles. The van der Waals surface area contributed by atoms with Gasteiger partial charge in [-0.1, -0.05) is 0 Å². The summed E-state index contributed by atoms with van der Waals surface area (Å²) in [7, 11) is 1.46. The molecule has 0 aliphatic rings. The maximum absolute atomic E-state index is 13.6. The fraction of sp³-hybridized carbons (Fsp3) is 0.263. The molecule has 0 saturated heterocycles. The summed E-state index contributed by atoms with van der Waals surface area (Å²) in [4.78, 5) is 21.4. The molecule has 3 heterocycles. The van der Waals surface area contributed by atoms with Gasteiger partial charge in [0.05, 0.1) is 27.2 Å². The molecule has 0 amide bonds. The molecule has 1 atom stereocenters. The third-order valence-electron chi connectivity index (χ3n) is 5.01. The van der Waals surface area contributed by atoms with Gasteiger partial charge < -0.3 is 4.90 Å². The average Bonchev–Trinajstić information content (AvgIpc) is 3.26. The second-order valence-corrected chi connectivity index (χ2v) is 8.05. The number of nitrogens with zero attached hydrogens (tertiary/aromatic N) is 8. The van der Waals surface area contributed by atoms with Gasteiger partial charge >= 0.3 is 12.4 Å². The van der Waals surface area contributed by atoms with Crippen molar-refractivity contribution in [2.24, 2.45) is 0 Å². The van der Waals surface area contributed by atoms with Crippen molar-refractivity contribution in [3.63, 3.8) is 0 Å². The Bertz CT molecular complexity index is 1340. The van der Waals surface area contributed by atoms with Crippen LogP contribution in [0, 0.1) is 0 Å². The van der Waals surface area contributed by atoms with E-state index >= 15 is 0 Å². The van der Waals surface area contributed by atoms with E-state index in [1.165, 1.54) is 35.4 Å². The summed E-state index contributed by atoms with van der Waals surface area (Å²) < 4.78 is 82.9. The summed E-state index contributed by atoms with van der Waals surface area (Å²) in [6.45, 7) is 1.63. The minimum absolute atomic E-state index is 0.0457. The van der Waals surface area contributed by atoms with Crippen LogP contribution in [0.25, 0.3) is 16.9 Å². The molecule has 34 heavy (non-hydrogen) atoms. The Balaban J connectivity index is 1.85. The van der Waals surface area contributed by atoms with Crippen molar-refractivity contribution in [1.82, 2.24) is 34.7 Å². The van der Waals surface area contributed by atoms with Crippen molar-refractivity contribution in [3.8, 4) is 5.95 Å². The van der Waals surface area contributed by atoms with Gasteiger partial charge in [0.2, 0.25) is 0 Å². The molecule has 0 fully saturated rings. The minimum Gasteiger partial charge on any atom is -0.349 e. The van der Waals surface area contributed by atoms with E-state index in [4.69, 9.17) is 0 Å². The number of halogens is 7. The lowest BCUT2D eigenvalue weighted by Crippen LogP contribution is -2.26. The zero-order valence-electron chi connectivity index (χ0n) is 17.3. The molecule has 8 nitrogen and oxygen atoms in total. The molecule has 0 N–H and O–H groups in total. The van der Waals surface area contributed by atoms with Gasteiger partial charge in [0.15, 0.2) is 5.82 Å². The molecule has 4 rings (SSSR count). The van der Waals surface area contributed by atoms with Crippen LogP contribution in [0.2, 0.25) is 0 Å². The monoisotopic (exact) mass is 546 g/mol. The van der Waals surface area contributed by atoms with E-state index in [1.807, 2.05) is 0 Å². The molecule has 0 saturated carbocycles. The highest BCUT2D eigenvalue weighted by molar-refractivity contribution is 9.10. The maximum atomic E-state index is 13.6. The van der Waals surface area contributed by atoms with Crippen molar-refractivity contribution in [2.75, 3.05) is 11.9 Å². The fourth-order valence-electron chi connectivity index (χ4n) is 3.28. The van der Waals surface area contributed by atoms with E-state index in [0.29, 0.717) is 10.5 Å². The first kappa shape index (κ1) is 23.8. The van der Waals surface area contributed by atoms with Crippen molar-refractivity contribution in [3.05, 3.63) is 58.6 Å². The smallest absolute Gasteiger partial charge is 0.349 e. The Labute approximate surface area is 195 Å². The number of fused-ring (bicyclic) bond motifs is 1. The second-order valence-electron chi connectivity index (χ2n) is 7.13. The molecule has 3 aromatic heterocycles. The number of alkyl halides is 6. The summed E-state index contributed by atoms with van der Waals surface area (Å²) in [5.74, 6) is 0.294. The normalized spacial score (nSPS) is 13.3. The Morgan fingerprint density at radius 2 is 1.59 bits per heavy atom. The number of aromatic nitrogens is 7. The summed E-state index contributed by atoms with van der Waals surface area (Å²) in [5, 5.41) is 3.66. The van der Waals surface area contributed by atoms with Crippen LogP contribution < -0.4 is 4.90 Å². The standard InChI is InChI=1S/C19H13BrF6N8/c1-9(15-31-8-32-34(15)17-27-5-11(20)6-28-17)33(2)16-12-3-10(18(21,22)23)4-13(19(24,25)26)14(12)29-7-30-16/h3-9H,1-2H3. The highest BCUT2D eigenvalue weighted by Gasteiger charge is 2.39. The van der Waals surface area contributed by atoms with Gasteiger partial charge in [-0.25, -0.2) is 24.9 Å². The number of benzene rings is 1. The average molecular weight is 547 g/mol. The quantitative estimate of drug-likeness (QED) is 0.333. The lowest BCUT2D eigenvalue weighted by molar-refractivity contribution is -0.142. The highest BCUT2D eigenvalue weighted by atomic mass is 79.9. The Morgan fingerprint density at radius 3 is 2.21 bits per heavy atom. The predicted octanol–water partition coefficient (Wildman–Crippen LogP) is 5.00. The van der Waals surface area contributed by atoms with Crippen LogP contribution in [-0.4, -0.2) is 41.7 Å². The molecular weight excluding hydrogens is 534 g/mol. The van der Waals surface area contributed by atoms with Gasteiger partial charge in [-0.15, -0.1) is 0 Å². The number of anilines is 1. The largest absolute Gasteiger partial charge is 0.418 e. The van der Waals surface area contributed by atoms with Crippen molar-refractivity contribution >= 4 is 32.7 Å². The fourth-order valence-corrected chi connectivity index (χ4v) is 3.48. The van der Waals surface area contributed by atoms with E-state index in [0.717, 1.165) is 6.33 Å². The van der Waals surface area contributed by atoms with Crippen LogP contribution in [0.3, 0.4) is 0 Å². The van der Waals surface area contributed by atoms with Crippen LogP contribution in [-0.2, 0) is 12.4 Å². The van der Waals surface area contributed by atoms with Crippen LogP contribution in [0.4, 0.5) is 32.2 Å². The van der Waals surface area contributed by atoms with Crippen molar-refractivity contribution in [1.29, 1.82) is 0 Å². The molecule has 178 valence electrons. The summed E-state index contributed by atoms with van der Waals surface area (Å²) >= 11 is 3.22. The van der Waals surface area contributed by atoms with Gasteiger partial charge in [-0.3, -0.25) is 0 Å². The number of hydrogen-bond acceptors (Lipinski definition) is 7. The van der Waals surface area contributed by atoms with Crippen LogP contribution in [0.5, 0.6) is 0 Å². The lowest BCUT2D eigenvalue weighted by Gasteiger charge is -2.27. The van der Waals surface area contributed by atoms with E-state index in [-0.39, 0.29) is 23.7 Å². The molecule has 15 heteroatoms. The van der Waals surface area contributed by atoms with Gasteiger partial charge in [0.25, 0.3) is 5.95 Å². The lowest BCUT2D eigenvalue weighted by atomic mass is 10.0. The number of hydrogen-bond donors (Lipinski definition) is 0. The van der Waals surface area contributed by atoms with Gasteiger partial charge in [0, 0.05) is 24.8 Å². The molecule has 0 aliphatic heterocycles. The Kier molecular flexibility index (Phi) is 5.91. The van der Waals surface area contributed by atoms with E-state index in [1.54, 1.807) is 6.92 Å². The third kappa shape index (κ3) is 4.38. The third-order valence-corrected chi connectivity index (χ3v) is 5.42. The van der Waals surface area contributed by atoms with E-state index < -0.39 is 40.4 Å². The first-order valence-electron chi connectivity index (χ1n) is 9.41. The van der Waals surface area contributed by atoms with Crippen LogP contribution in [0.1, 0.15) is 29.9 Å². The Hall–Kier alpha value is -3.36. The van der Waals surface area contributed by atoms with Gasteiger partial charge in [-0.2, -0.15) is 36.1 Å². The summed E-state index contributed by atoms with van der Waals surface area (Å²) in [6, 6.07) is -0.0628. The molecule has 0 bridgehead atoms. The SMILES string of the molecule is CC(c1ncnn1-c1ncc(Br)cn1)N(C)c1ncnc2c(C(F)(F)F)cc(C(F)(F)F)cc12. The predicted molar refractivity (Wildman–Crippen MR) is 111 cm³/mol. The molecule has 1 unspecified atom stereocenters. The number of rotatable bonds is 4. The molecular formula is C19H13BrF6N8. The zero-order valence-corrected chi connectivity index (χ0v) is 18.9. The van der Waals surface area contributed by atoms with E-state index in [9.17, 15) is 26.3 Å². The topological polar surface area (TPSA) is 85.5 Å². The summed E-state index contributed by atoms with van der Waals surface area (Å²) in [5.41, 5.74) is -3.62. The molecule has 1 aromatic carbocycles. The van der Waals surface area contributed by atoms with Crippen molar-refractivity contribution < 1.29 is 26.3 Å². The molecule has 0 spiro atoms. The van der Waals surface area contributed by atoms with E-state index in [2.05, 4.69) is 45.9 Å². The first-order valence-corrected chi connectivity index (χ1v) is 10.2. The van der Waals surface area contributed by atoms with Crippen molar-refractivity contribution in [2.45, 2.75) is 25.3 Å². The Morgan fingerprint density at radius 1 is 0.912 bits per heavy atom. The zero-order chi connectivity index (χ0) is 24.8. The molecule has 0 radical (unpaired) electrons. The minimum atomic E-state index is -5.06. The van der Waals surface area contributed by atoms with Crippen LogP contribution in [0.15, 0.2) is 41.7 Å².